The molecule has 120 valence electrons. The van der Waals surface area contributed by atoms with Crippen LogP contribution >= 0.6 is 0 Å². The number of aryl methyl sites for hydroxylation is 1. The molecule has 0 spiro atoms. The van der Waals surface area contributed by atoms with Gasteiger partial charge in [-0.25, -0.2) is 4.79 Å². The van der Waals surface area contributed by atoms with Crippen LogP contribution in [0.4, 0.5) is 0 Å². The Labute approximate surface area is 130 Å². The Balaban J connectivity index is 1.86. The number of esters is 1. The fourth-order valence-corrected chi connectivity index (χ4v) is 2.78. The number of rotatable bonds is 6. The van der Waals surface area contributed by atoms with Crippen LogP contribution in [-0.2, 0) is 20.7 Å². The lowest BCUT2D eigenvalue weighted by atomic mass is 10.1. The molecule has 5 heteroatoms. The number of aliphatic hydroxyl groups is 1. The molecule has 0 bridgehead atoms. The number of carbonyl (C=O) groups is 2. The molecular weight excluding hydrogens is 282 g/mol. The Hall–Kier alpha value is -1.88. The number of aliphatic hydroxyl groups excluding tert-OH is 1. The molecule has 1 heterocycles. The van der Waals surface area contributed by atoms with Gasteiger partial charge in [-0.1, -0.05) is 30.3 Å². The van der Waals surface area contributed by atoms with Crippen LogP contribution in [-0.4, -0.2) is 47.2 Å². The second-order valence-electron chi connectivity index (χ2n) is 5.54. The van der Waals surface area contributed by atoms with Gasteiger partial charge in [-0.3, -0.25) is 4.79 Å². The number of ether oxygens (including phenoxy) is 1. The number of benzene rings is 1. The summed E-state index contributed by atoms with van der Waals surface area (Å²) >= 11 is 0. The quantitative estimate of drug-likeness (QED) is 0.810. The zero-order valence-corrected chi connectivity index (χ0v) is 12.9. The standard InChI is InChI=1S/C17H23NO4/c1-2-22-17(21)15-11-14(19)12-18(15)16(20)10-6-9-13-7-4-3-5-8-13/h3-5,7-8,14-15,19H,2,6,9-12H2,1H3. The second kappa shape index (κ2) is 7.94. The smallest absolute Gasteiger partial charge is 0.328 e. The van der Waals surface area contributed by atoms with E-state index in [1.165, 1.54) is 10.5 Å². The first-order valence-electron chi connectivity index (χ1n) is 7.80. The largest absolute Gasteiger partial charge is 0.464 e. The van der Waals surface area contributed by atoms with Gasteiger partial charge in [-0.15, -0.1) is 0 Å². The summed E-state index contributed by atoms with van der Waals surface area (Å²) in [6.07, 6.45) is 1.55. The van der Waals surface area contributed by atoms with Crippen molar-refractivity contribution in [2.45, 2.75) is 44.8 Å². The van der Waals surface area contributed by atoms with Crippen molar-refractivity contribution in [1.82, 2.24) is 4.90 Å². The molecule has 1 aromatic rings. The molecular formula is C17H23NO4. The molecule has 1 fully saturated rings. The summed E-state index contributed by atoms with van der Waals surface area (Å²) in [5, 5.41) is 9.74. The van der Waals surface area contributed by atoms with Crippen molar-refractivity contribution in [2.75, 3.05) is 13.2 Å². The summed E-state index contributed by atoms with van der Waals surface area (Å²) in [7, 11) is 0. The van der Waals surface area contributed by atoms with E-state index in [9.17, 15) is 14.7 Å². The van der Waals surface area contributed by atoms with Gasteiger partial charge in [-0.2, -0.15) is 0 Å². The van der Waals surface area contributed by atoms with E-state index in [2.05, 4.69) is 0 Å². The summed E-state index contributed by atoms with van der Waals surface area (Å²) < 4.78 is 4.98. The van der Waals surface area contributed by atoms with E-state index in [1.807, 2.05) is 30.3 Å². The second-order valence-corrected chi connectivity index (χ2v) is 5.54. The van der Waals surface area contributed by atoms with Crippen LogP contribution in [0.15, 0.2) is 30.3 Å². The van der Waals surface area contributed by atoms with E-state index in [-0.39, 0.29) is 25.5 Å². The fourth-order valence-electron chi connectivity index (χ4n) is 2.78. The van der Waals surface area contributed by atoms with Crippen LogP contribution in [0, 0.1) is 0 Å². The molecule has 2 atom stereocenters. The topological polar surface area (TPSA) is 66.8 Å². The number of hydrogen-bond acceptors (Lipinski definition) is 4. The Morgan fingerprint density at radius 2 is 2.05 bits per heavy atom. The van der Waals surface area contributed by atoms with E-state index >= 15 is 0 Å². The molecule has 0 radical (unpaired) electrons. The number of carbonyl (C=O) groups excluding carboxylic acids is 2. The number of hydrogen-bond donors (Lipinski definition) is 1. The maximum atomic E-state index is 12.3. The first-order valence-corrected chi connectivity index (χ1v) is 7.80. The highest BCUT2D eigenvalue weighted by molar-refractivity contribution is 5.85. The molecule has 22 heavy (non-hydrogen) atoms. The van der Waals surface area contributed by atoms with E-state index in [4.69, 9.17) is 4.74 Å². The van der Waals surface area contributed by atoms with Crippen molar-refractivity contribution in [3.8, 4) is 0 Å². The predicted molar refractivity (Wildman–Crippen MR) is 82.1 cm³/mol. The van der Waals surface area contributed by atoms with Gasteiger partial charge in [0.1, 0.15) is 6.04 Å². The van der Waals surface area contributed by atoms with E-state index < -0.39 is 18.1 Å². The van der Waals surface area contributed by atoms with Crippen LogP contribution in [0.5, 0.6) is 0 Å². The normalized spacial score (nSPS) is 20.9. The maximum Gasteiger partial charge on any atom is 0.328 e. The molecule has 0 saturated carbocycles. The fraction of sp³-hybridized carbons (Fsp3) is 0.529. The highest BCUT2D eigenvalue weighted by atomic mass is 16.5. The molecule has 2 rings (SSSR count). The molecule has 1 aliphatic heterocycles. The van der Waals surface area contributed by atoms with E-state index in [0.717, 1.165) is 12.8 Å². The SMILES string of the molecule is CCOC(=O)C1CC(O)CN1C(=O)CCCc1ccccc1. The average molecular weight is 305 g/mol. The van der Waals surface area contributed by atoms with Crippen molar-refractivity contribution in [3.63, 3.8) is 0 Å². The Morgan fingerprint density at radius 3 is 2.73 bits per heavy atom. The zero-order valence-electron chi connectivity index (χ0n) is 12.9. The zero-order chi connectivity index (χ0) is 15.9. The molecule has 1 N–H and O–H groups in total. The minimum absolute atomic E-state index is 0.0921. The van der Waals surface area contributed by atoms with Gasteiger partial charge in [0.25, 0.3) is 0 Å². The summed E-state index contributed by atoms with van der Waals surface area (Å²) in [6.45, 7) is 2.23. The third kappa shape index (κ3) is 4.31. The molecule has 1 amide bonds. The molecule has 1 aromatic carbocycles. The van der Waals surface area contributed by atoms with E-state index in [1.54, 1.807) is 6.92 Å². The lowest BCUT2D eigenvalue weighted by Crippen LogP contribution is -2.41. The monoisotopic (exact) mass is 305 g/mol. The van der Waals surface area contributed by atoms with Gasteiger partial charge >= 0.3 is 5.97 Å². The number of likely N-dealkylation sites (tertiary alicyclic amines) is 1. The first-order chi connectivity index (χ1) is 10.6. The molecule has 0 aliphatic carbocycles. The Bertz CT molecular complexity index is 503. The lowest BCUT2D eigenvalue weighted by Gasteiger charge is -2.22. The van der Waals surface area contributed by atoms with Gasteiger partial charge in [0.2, 0.25) is 5.91 Å². The Morgan fingerprint density at radius 1 is 1.32 bits per heavy atom. The average Bonchev–Trinajstić information content (AvgIpc) is 2.91. The van der Waals surface area contributed by atoms with Crippen LogP contribution in [0.3, 0.4) is 0 Å². The van der Waals surface area contributed by atoms with Crippen molar-refractivity contribution in [2.24, 2.45) is 0 Å². The number of nitrogens with zero attached hydrogens (tertiary/aromatic N) is 1. The number of β-amino-alcohol motifs (C(OH)–C–C–N with tert-alkyl or cyclic N) is 1. The van der Waals surface area contributed by atoms with Gasteiger partial charge in [0.05, 0.1) is 12.7 Å². The van der Waals surface area contributed by atoms with E-state index in [0.29, 0.717) is 6.42 Å². The van der Waals surface area contributed by atoms with Crippen LogP contribution in [0.1, 0.15) is 31.7 Å². The van der Waals surface area contributed by atoms with Crippen molar-refractivity contribution < 1.29 is 19.4 Å². The summed E-state index contributed by atoms with van der Waals surface area (Å²) in [5.41, 5.74) is 1.19. The summed E-state index contributed by atoms with van der Waals surface area (Å²) in [4.78, 5) is 25.6. The van der Waals surface area contributed by atoms with Crippen molar-refractivity contribution in [1.29, 1.82) is 0 Å². The number of amides is 1. The highest BCUT2D eigenvalue weighted by Gasteiger charge is 2.39. The van der Waals surface area contributed by atoms with Gasteiger partial charge < -0.3 is 14.7 Å². The minimum atomic E-state index is -0.646. The molecule has 1 saturated heterocycles. The van der Waals surface area contributed by atoms with Gasteiger partial charge in [-0.05, 0) is 25.3 Å². The van der Waals surface area contributed by atoms with Gasteiger partial charge in [0.15, 0.2) is 0 Å². The highest BCUT2D eigenvalue weighted by Crippen LogP contribution is 2.21. The summed E-state index contributed by atoms with van der Waals surface area (Å²) in [5.74, 6) is -0.513. The maximum absolute atomic E-state index is 12.3. The van der Waals surface area contributed by atoms with Crippen LogP contribution < -0.4 is 0 Å². The molecule has 5 nitrogen and oxygen atoms in total. The predicted octanol–water partition coefficient (Wildman–Crippen LogP) is 1.53. The van der Waals surface area contributed by atoms with Crippen molar-refractivity contribution >= 4 is 11.9 Å². The Kier molecular flexibility index (Phi) is 5.95. The summed E-state index contributed by atoms with van der Waals surface area (Å²) in [6, 6.07) is 9.34. The first kappa shape index (κ1) is 16.5. The van der Waals surface area contributed by atoms with Crippen LogP contribution in [0.25, 0.3) is 0 Å². The molecule has 1 aliphatic rings. The molecule has 2 unspecified atom stereocenters. The lowest BCUT2D eigenvalue weighted by molar-refractivity contribution is -0.153. The van der Waals surface area contributed by atoms with Crippen LogP contribution in [0.2, 0.25) is 0 Å². The van der Waals surface area contributed by atoms with Crippen molar-refractivity contribution in [3.05, 3.63) is 35.9 Å². The third-order valence-corrected chi connectivity index (χ3v) is 3.86. The third-order valence-electron chi connectivity index (χ3n) is 3.86. The molecule has 0 aromatic heterocycles. The minimum Gasteiger partial charge on any atom is -0.464 e. The van der Waals surface area contributed by atoms with Gasteiger partial charge in [0, 0.05) is 19.4 Å².